The van der Waals surface area contributed by atoms with Crippen LogP contribution in [0.25, 0.3) is 17.2 Å². The van der Waals surface area contributed by atoms with Gasteiger partial charge < -0.3 is 60.7 Å². The monoisotopic (exact) mass is 1370 g/mol. The Balaban J connectivity index is 1.01. The summed E-state index contributed by atoms with van der Waals surface area (Å²) in [7, 11) is 7.35. The van der Waals surface area contributed by atoms with Gasteiger partial charge in [0.1, 0.15) is 42.0 Å². The van der Waals surface area contributed by atoms with E-state index in [1.165, 1.54) is 41.2 Å². The molecule has 0 amide bonds. The third kappa shape index (κ3) is 11.6. The Morgan fingerprint density at radius 2 is 1.73 bits per heavy atom. The number of phenols is 2. The number of ether oxygens (including phenoxy) is 5. The second kappa shape index (κ2) is 26.9. The number of rotatable bonds is 8. The number of aryl methyl sites for hydroxylation is 1. The Hall–Kier alpha value is -6.79. The zero-order valence-electron chi connectivity index (χ0n) is 57.3. The van der Waals surface area contributed by atoms with E-state index in [4.69, 9.17) is 29.4 Å². The molecule has 6 heterocycles. The second-order valence-corrected chi connectivity index (χ2v) is 33.7. The lowest BCUT2D eigenvalue weighted by molar-refractivity contribution is -0.141. The van der Waals surface area contributed by atoms with Gasteiger partial charge in [-0.25, -0.2) is 0 Å². The number of benzene rings is 5. The van der Waals surface area contributed by atoms with Gasteiger partial charge in [0.15, 0.2) is 11.5 Å². The number of allylic oxidation sites excluding steroid dienone is 3. The average molecular weight is 1370 g/mol. The van der Waals surface area contributed by atoms with Crippen molar-refractivity contribution in [3.63, 3.8) is 0 Å². The Bertz CT molecular complexity index is 4230. The summed E-state index contributed by atoms with van der Waals surface area (Å²) in [6.45, 7) is 1.96. The van der Waals surface area contributed by atoms with Crippen LogP contribution in [-0.4, -0.2) is 96.7 Å². The van der Waals surface area contributed by atoms with E-state index in [1.807, 2.05) is 27.7 Å². The van der Waals surface area contributed by atoms with Crippen LogP contribution in [0.2, 0.25) is 0 Å². The molecule has 16 atom stereocenters. The van der Waals surface area contributed by atoms with Crippen LogP contribution in [0, 0.1) is 59.2 Å². The molecule has 13 nitrogen and oxygen atoms in total. The molecule has 3 saturated carbocycles. The molecule has 8 N–H and O–H groups in total. The van der Waals surface area contributed by atoms with Gasteiger partial charge in [0.2, 0.25) is 0 Å². The summed E-state index contributed by atoms with van der Waals surface area (Å²) >= 11 is 0. The zero-order chi connectivity index (χ0) is 67.3. The Morgan fingerprint density at radius 1 is 0.848 bits per heavy atom. The summed E-state index contributed by atoms with van der Waals surface area (Å²) in [5.74, 6) is 17.1. The van der Waals surface area contributed by atoms with Gasteiger partial charge in [0.05, 0.1) is 42.8 Å². The minimum absolute atomic E-state index is 0.00318. The van der Waals surface area contributed by atoms with Gasteiger partial charge in [0, 0.05) is 113 Å². The minimum atomic E-state index is -0.874. The predicted molar refractivity (Wildman–Crippen MR) is 391 cm³/mol. The second-order valence-electron chi connectivity index (χ2n) is 31.1. The highest BCUT2D eigenvalue weighted by Crippen LogP contribution is 2.66. The molecule has 516 valence electrons. The molecular formula is C84H94N4O9S2. The number of nitrogens with one attached hydrogen (secondary N) is 3. The van der Waals surface area contributed by atoms with Crippen molar-refractivity contribution in [2.45, 2.75) is 193 Å². The SMILES string of the molecule is COC[C@@H]1[C@@H](CO)[C@@H]2CCCc3ccc4cc3C[C@H]1C#C[C@@H]1C#CC3=C(C=CC(N)N3)[C@H]([C@@H]3CC[C@@]5(Cc6cc(O)cc(OC)c6-c6ccc7c(c65)O[C@H](c5c6c(c(O)c(c51)CN2)O[C@H]1[C@H](Cc2ccccc2)SSC[C@H]2CCC[C@H](C2)N[C@@H]1C=C6)[C@H]7COC(C)=O)C3)C41CCCCC1. The van der Waals surface area contributed by atoms with Gasteiger partial charge in [-0.2, -0.15) is 0 Å². The van der Waals surface area contributed by atoms with Crippen LogP contribution in [0.1, 0.15) is 176 Å². The van der Waals surface area contributed by atoms with E-state index >= 15 is 0 Å². The number of carbonyl (C=O) groups is 1. The van der Waals surface area contributed by atoms with E-state index in [2.05, 4.69) is 125 Å². The van der Waals surface area contributed by atoms with Crippen molar-refractivity contribution < 1.29 is 43.8 Å². The number of esters is 1. The number of carbonyl (C=O) groups excluding carboxylic acids is 1. The summed E-state index contributed by atoms with van der Waals surface area (Å²) in [4.78, 5) is 13.7. The highest BCUT2D eigenvalue weighted by molar-refractivity contribution is 8.77. The fourth-order valence-corrected chi connectivity index (χ4v) is 24.4. The van der Waals surface area contributed by atoms with E-state index in [-0.39, 0.29) is 89.6 Å². The molecule has 0 aromatic heterocycles. The maximum Gasteiger partial charge on any atom is 0.302 e. The minimum Gasteiger partial charge on any atom is -0.508 e. The van der Waals surface area contributed by atoms with Crippen molar-refractivity contribution in [3.8, 4) is 63.6 Å². The Labute approximate surface area is 591 Å². The first-order chi connectivity index (χ1) is 48.4. The number of nitrogens with two attached hydrogens (primary N) is 1. The zero-order valence-corrected chi connectivity index (χ0v) is 59.0. The molecule has 15 heteroatoms. The smallest absolute Gasteiger partial charge is 0.302 e. The number of hydrogen-bond acceptors (Lipinski definition) is 15. The first kappa shape index (κ1) is 65.5. The Kier molecular flexibility index (Phi) is 17.8. The van der Waals surface area contributed by atoms with Crippen molar-refractivity contribution in [1.82, 2.24) is 16.0 Å². The third-order valence-corrected chi connectivity index (χ3v) is 28.5. The van der Waals surface area contributed by atoms with Crippen LogP contribution < -0.4 is 35.9 Å². The summed E-state index contributed by atoms with van der Waals surface area (Å²) in [5, 5.41) is 50.3. The maximum absolute atomic E-state index is 14.3. The van der Waals surface area contributed by atoms with E-state index in [9.17, 15) is 20.1 Å². The topological polar surface area (TPSA) is 186 Å². The molecular weight excluding hydrogens is 1270 g/mol. The van der Waals surface area contributed by atoms with Crippen LogP contribution in [0.15, 0.2) is 102 Å². The van der Waals surface area contributed by atoms with Crippen molar-refractivity contribution in [3.05, 3.63) is 163 Å². The van der Waals surface area contributed by atoms with Crippen molar-refractivity contribution in [2.75, 3.05) is 39.8 Å². The number of phenolic OH excluding ortho intramolecular Hbond substituents is 2. The van der Waals surface area contributed by atoms with Gasteiger partial charge in [-0.05, 0) is 170 Å². The summed E-state index contributed by atoms with van der Waals surface area (Å²) in [5.41, 5.74) is 21.4. The molecule has 6 aliphatic heterocycles. The fraction of sp³-hybridized carbons (Fsp3) is 0.512. The van der Waals surface area contributed by atoms with Crippen molar-refractivity contribution in [2.24, 2.45) is 41.2 Å². The normalized spacial score (nSPS) is 32.4. The van der Waals surface area contributed by atoms with Crippen molar-refractivity contribution in [1.29, 1.82) is 0 Å². The van der Waals surface area contributed by atoms with Crippen LogP contribution in [-0.2, 0) is 57.3 Å². The fourth-order valence-electron chi connectivity index (χ4n) is 21.2. The highest BCUT2D eigenvalue weighted by Gasteiger charge is 2.57. The van der Waals surface area contributed by atoms with Gasteiger partial charge in [0.25, 0.3) is 0 Å². The van der Waals surface area contributed by atoms with Gasteiger partial charge >= 0.3 is 5.97 Å². The molecule has 1 saturated heterocycles. The lowest BCUT2D eigenvalue weighted by atomic mass is 9.55. The van der Waals surface area contributed by atoms with E-state index in [0.29, 0.717) is 48.0 Å². The third-order valence-electron chi connectivity index (χ3n) is 25.5. The summed E-state index contributed by atoms with van der Waals surface area (Å²) in [6.07, 6.45) is 24.2. The first-order valence-electron chi connectivity index (χ1n) is 37.0. The number of dihydropyridines is 1. The number of methoxy groups -OCH3 is 2. The molecule has 0 radical (unpaired) electrons. The molecule has 6 aliphatic carbocycles. The molecule has 5 aromatic rings. The molecule has 4 fully saturated rings. The van der Waals surface area contributed by atoms with Crippen LogP contribution in [0.4, 0.5) is 0 Å². The average Bonchev–Trinajstić information content (AvgIpc) is 1.63. The van der Waals surface area contributed by atoms with Crippen LogP contribution in [0.5, 0.6) is 28.7 Å². The van der Waals surface area contributed by atoms with Gasteiger partial charge in [-0.15, -0.1) is 0 Å². The lowest BCUT2D eigenvalue weighted by Gasteiger charge is -2.49. The van der Waals surface area contributed by atoms with E-state index < -0.39 is 41.6 Å². The van der Waals surface area contributed by atoms with Gasteiger partial charge in [-0.3, -0.25) is 4.79 Å². The molecule has 12 aliphatic rings. The van der Waals surface area contributed by atoms with Crippen LogP contribution in [0.3, 0.4) is 0 Å². The molecule has 17 rings (SSSR count). The predicted octanol–water partition coefficient (Wildman–Crippen LogP) is 13.6. The Morgan fingerprint density at radius 3 is 2.57 bits per heavy atom. The molecule has 5 aromatic carbocycles. The quantitative estimate of drug-likeness (QED) is 0.0442. The lowest BCUT2D eigenvalue weighted by Crippen LogP contribution is -2.52. The van der Waals surface area contributed by atoms with Crippen molar-refractivity contribution >= 4 is 33.6 Å². The number of hydrogen-bond donors (Lipinski definition) is 7. The first-order valence-corrected chi connectivity index (χ1v) is 39.4. The van der Waals surface area contributed by atoms with Crippen LogP contribution >= 0.6 is 21.6 Å². The number of aliphatic hydroxyl groups excluding tert-OH is 1. The van der Waals surface area contributed by atoms with Gasteiger partial charge in [-0.1, -0.05) is 144 Å². The number of fused-ring (bicyclic) bond motifs is 16. The standard InChI is InChI=1S/C84H94N4O9S2/c1-47(90)95-45-66-59-23-24-61-73-55(38-58(91)39-70(73)94-3)41-83-33-30-53(40-83)76-60-26-29-72(85)88-68(60)27-21-51-18-19-52-36-54-37-56(84(76)31-8-5-9-32-84)22-20-50(54)15-11-17-67(64(43-89)65(52)44-93-2)86-42-63-74(51)75(79(66)96-80(59)77(61)83)62-25-28-69-82(97-81(62)78(63)92)71(35-48-12-6-4-7-13-48)99-98-46-49-14-10-16-57(34-49)87-69/h4,6-7,12-13,20,22-26,28-29,37-39,49,51-53,57,64-67,69,71-72,76,79,82,86-89,91-92H,5,8-11,14-17,30-36,40-46,85H2,1-3H3/t49-,51+,52+,53+,57+,64+,65-,66-,67-,69+,71-,72?,76-,79-,82+,83-/m0/s1. The number of aliphatic hydroxyl groups is 1. The molecule has 2 spiro atoms. The molecule has 1 unspecified atom stereocenters. The molecule has 12 bridgehead atoms. The van der Waals surface area contributed by atoms with E-state index in [0.717, 1.165) is 152 Å². The highest BCUT2D eigenvalue weighted by atomic mass is 33.1. The largest absolute Gasteiger partial charge is 0.508 e. The summed E-state index contributed by atoms with van der Waals surface area (Å²) in [6, 6.07) is 26.3. The maximum atomic E-state index is 14.3. The molecule has 99 heavy (non-hydrogen) atoms. The number of aromatic hydroxyl groups is 2. The summed E-state index contributed by atoms with van der Waals surface area (Å²) < 4.78 is 35.3. The van der Waals surface area contributed by atoms with E-state index in [1.54, 1.807) is 20.3 Å².